The van der Waals surface area contributed by atoms with Crippen molar-refractivity contribution in [1.82, 2.24) is 20.0 Å². The van der Waals surface area contributed by atoms with Crippen LogP contribution in [-0.4, -0.2) is 51.6 Å². The van der Waals surface area contributed by atoms with Gasteiger partial charge in [0.15, 0.2) is 0 Å². The predicted octanol–water partition coefficient (Wildman–Crippen LogP) is 3.10. The zero-order valence-corrected chi connectivity index (χ0v) is 15.5. The topological polar surface area (TPSA) is 52.2 Å². The van der Waals surface area contributed by atoms with Gasteiger partial charge in [-0.1, -0.05) is 43.7 Å². The van der Waals surface area contributed by atoms with E-state index in [0.717, 1.165) is 50.3 Å². The van der Waals surface area contributed by atoms with Crippen LogP contribution in [0.1, 0.15) is 47.8 Å². The van der Waals surface area contributed by atoms with Crippen LogP contribution in [-0.2, 0) is 13.0 Å². The number of hydrogen-bond donors (Lipinski definition) is 1. The molecule has 1 aromatic carbocycles. The zero-order valence-electron chi connectivity index (χ0n) is 15.5. The Morgan fingerprint density at radius 2 is 2.04 bits per heavy atom. The van der Waals surface area contributed by atoms with Gasteiger partial charge in [0.1, 0.15) is 0 Å². The fraction of sp³-hybridized carbons (Fsp3) is 0.524. The molecule has 2 bridgehead atoms. The highest BCUT2D eigenvalue weighted by molar-refractivity contribution is 5.95. The molecule has 3 fully saturated rings. The minimum atomic E-state index is 0.153. The van der Waals surface area contributed by atoms with Gasteiger partial charge in [0.05, 0.1) is 11.8 Å². The normalized spacial score (nSPS) is 23.2. The van der Waals surface area contributed by atoms with Crippen molar-refractivity contribution in [3.05, 3.63) is 53.3 Å². The highest BCUT2D eigenvalue weighted by Gasteiger charge is 2.37. The summed E-state index contributed by atoms with van der Waals surface area (Å²) in [7, 11) is 0. The lowest BCUT2D eigenvalue weighted by Crippen LogP contribution is -2.43. The van der Waals surface area contributed by atoms with Crippen molar-refractivity contribution < 1.29 is 4.79 Å². The number of rotatable bonds is 5. The van der Waals surface area contributed by atoms with Gasteiger partial charge in [-0.3, -0.25) is 14.8 Å². The highest BCUT2D eigenvalue weighted by Crippen LogP contribution is 2.30. The van der Waals surface area contributed by atoms with Crippen molar-refractivity contribution in [3.63, 3.8) is 0 Å². The number of nitrogens with zero attached hydrogens (tertiary/aromatic N) is 3. The van der Waals surface area contributed by atoms with Crippen LogP contribution in [0, 0.1) is 5.92 Å². The average Bonchev–Trinajstić information content (AvgIpc) is 2.93. The maximum Gasteiger partial charge on any atom is 0.257 e. The minimum Gasteiger partial charge on any atom is -0.337 e. The fourth-order valence-corrected chi connectivity index (χ4v) is 4.46. The van der Waals surface area contributed by atoms with Crippen LogP contribution in [0.5, 0.6) is 0 Å². The highest BCUT2D eigenvalue weighted by atomic mass is 16.2. The number of nitrogens with one attached hydrogen (secondary N) is 1. The third-order valence-electron chi connectivity index (χ3n) is 5.79. The number of aryl methyl sites for hydroxylation is 1. The Kier molecular flexibility index (Phi) is 5.07. The van der Waals surface area contributed by atoms with Gasteiger partial charge in [-0.15, -0.1) is 0 Å². The van der Waals surface area contributed by atoms with Gasteiger partial charge in [0.25, 0.3) is 5.91 Å². The zero-order chi connectivity index (χ0) is 17.9. The molecule has 3 aliphatic rings. The number of H-pyrrole nitrogens is 1. The molecule has 1 N–H and O–H groups in total. The maximum atomic E-state index is 13.1. The Morgan fingerprint density at radius 1 is 1.19 bits per heavy atom. The van der Waals surface area contributed by atoms with Crippen molar-refractivity contribution in [2.75, 3.05) is 19.6 Å². The van der Waals surface area contributed by atoms with E-state index in [4.69, 9.17) is 0 Å². The molecular weight excluding hydrogens is 324 g/mol. The summed E-state index contributed by atoms with van der Waals surface area (Å²) in [5.74, 6) is 0.726. The number of piperidine rings is 1. The lowest BCUT2D eigenvalue weighted by atomic mass is 9.94. The molecule has 2 aromatic rings. The Morgan fingerprint density at radius 3 is 2.85 bits per heavy atom. The molecule has 0 aliphatic carbocycles. The first-order valence-corrected chi connectivity index (χ1v) is 9.84. The van der Waals surface area contributed by atoms with E-state index in [0.29, 0.717) is 12.0 Å². The average molecular weight is 352 g/mol. The molecular formula is C21H28N4O. The van der Waals surface area contributed by atoms with Gasteiger partial charge in [-0.25, -0.2) is 0 Å². The van der Waals surface area contributed by atoms with Gasteiger partial charge < -0.3 is 4.90 Å². The number of carbonyl (C=O) groups excluding carboxylic acids is 1. The molecule has 26 heavy (non-hydrogen) atoms. The lowest BCUT2D eigenvalue weighted by molar-refractivity contribution is 0.0735. The third kappa shape index (κ3) is 3.54. The Labute approximate surface area is 155 Å². The summed E-state index contributed by atoms with van der Waals surface area (Å²) in [4.78, 5) is 17.8. The van der Waals surface area contributed by atoms with E-state index in [1.54, 1.807) is 6.20 Å². The van der Waals surface area contributed by atoms with Crippen LogP contribution in [0.4, 0.5) is 0 Å². The molecule has 0 spiro atoms. The van der Waals surface area contributed by atoms with Crippen LogP contribution in [0.3, 0.4) is 0 Å². The molecule has 0 unspecified atom stereocenters. The van der Waals surface area contributed by atoms with Crippen molar-refractivity contribution in [2.45, 2.75) is 45.2 Å². The molecule has 3 aliphatic heterocycles. The first kappa shape index (κ1) is 17.3. The van der Waals surface area contributed by atoms with Gasteiger partial charge in [-0.2, -0.15) is 5.10 Å². The standard InChI is InChI=1S/C21H28N4O/c1-2-6-20-19(11-22-23-20)21(26)25-14-17-9-10-18(15-25)24(13-17)12-16-7-4-3-5-8-16/h3-5,7-8,11,17-18H,2,6,9-10,12-15H2,1H3,(H,22,23)/t17-,18-/m1/s1. The summed E-state index contributed by atoms with van der Waals surface area (Å²) in [6.07, 6.45) is 6.02. The van der Waals surface area contributed by atoms with Crippen LogP contribution in [0.15, 0.2) is 36.5 Å². The molecule has 138 valence electrons. The summed E-state index contributed by atoms with van der Waals surface area (Å²) in [5.41, 5.74) is 3.11. The maximum absolute atomic E-state index is 13.1. The van der Waals surface area contributed by atoms with Crippen LogP contribution >= 0.6 is 0 Å². The van der Waals surface area contributed by atoms with Gasteiger partial charge in [0, 0.05) is 37.9 Å². The first-order chi connectivity index (χ1) is 12.7. The number of benzene rings is 1. The molecule has 5 rings (SSSR count). The lowest BCUT2D eigenvalue weighted by Gasteiger charge is -2.36. The van der Waals surface area contributed by atoms with E-state index in [9.17, 15) is 4.79 Å². The molecule has 3 saturated heterocycles. The second kappa shape index (κ2) is 7.62. The predicted molar refractivity (Wildman–Crippen MR) is 102 cm³/mol. The first-order valence-electron chi connectivity index (χ1n) is 9.84. The van der Waals surface area contributed by atoms with E-state index in [1.165, 1.54) is 18.4 Å². The summed E-state index contributed by atoms with van der Waals surface area (Å²) in [6.45, 7) is 5.91. The van der Waals surface area contributed by atoms with Crippen LogP contribution in [0.25, 0.3) is 0 Å². The van der Waals surface area contributed by atoms with E-state index >= 15 is 0 Å². The molecule has 5 heteroatoms. The summed E-state index contributed by atoms with van der Waals surface area (Å²) in [5, 5.41) is 7.14. The fourth-order valence-electron chi connectivity index (χ4n) is 4.46. The van der Waals surface area contributed by atoms with Crippen molar-refractivity contribution in [1.29, 1.82) is 0 Å². The monoisotopic (exact) mass is 352 g/mol. The smallest absolute Gasteiger partial charge is 0.257 e. The molecule has 0 saturated carbocycles. The van der Waals surface area contributed by atoms with E-state index < -0.39 is 0 Å². The van der Waals surface area contributed by atoms with E-state index in [2.05, 4.69) is 57.3 Å². The van der Waals surface area contributed by atoms with Gasteiger partial charge in [0.2, 0.25) is 0 Å². The number of amides is 1. The Balaban J connectivity index is 1.49. The number of carbonyl (C=O) groups is 1. The largest absolute Gasteiger partial charge is 0.337 e. The van der Waals surface area contributed by atoms with Crippen molar-refractivity contribution >= 4 is 5.91 Å². The van der Waals surface area contributed by atoms with Crippen LogP contribution < -0.4 is 0 Å². The van der Waals surface area contributed by atoms with E-state index in [1.807, 2.05) is 0 Å². The molecule has 2 atom stereocenters. The molecule has 1 aromatic heterocycles. The van der Waals surface area contributed by atoms with E-state index in [-0.39, 0.29) is 5.91 Å². The molecule has 1 amide bonds. The number of aromatic amines is 1. The Hall–Kier alpha value is -2.14. The molecule has 0 radical (unpaired) electrons. The second-order valence-corrected chi connectivity index (χ2v) is 7.73. The molecule has 4 heterocycles. The Bertz CT molecular complexity index is 741. The van der Waals surface area contributed by atoms with Crippen molar-refractivity contribution in [3.8, 4) is 0 Å². The summed E-state index contributed by atoms with van der Waals surface area (Å²) in [6, 6.07) is 11.1. The van der Waals surface area contributed by atoms with Gasteiger partial charge >= 0.3 is 0 Å². The summed E-state index contributed by atoms with van der Waals surface area (Å²) >= 11 is 0. The number of aromatic nitrogens is 2. The third-order valence-corrected chi connectivity index (χ3v) is 5.79. The number of hydrogen-bond acceptors (Lipinski definition) is 3. The minimum absolute atomic E-state index is 0.153. The quantitative estimate of drug-likeness (QED) is 0.900. The van der Waals surface area contributed by atoms with Crippen LogP contribution in [0.2, 0.25) is 0 Å². The van der Waals surface area contributed by atoms with Crippen molar-refractivity contribution in [2.24, 2.45) is 5.92 Å². The summed E-state index contributed by atoms with van der Waals surface area (Å²) < 4.78 is 0. The van der Waals surface area contributed by atoms with Gasteiger partial charge in [-0.05, 0) is 30.7 Å². The molecule has 5 nitrogen and oxygen atoms in total. The second-order valence-electron chi connectivity index (χ2n) is 7.73. The number of fused-ring (bicyclic) bond motifs is 4. The SMILES string of the molecule is CCCc1[nH]ncc1C(=O)N1C[C@@H]2CC[C@H](C1)N(Cc1ccccc1)C2.